The van der Waals surface area contributed by atoms with E-state index in [1.807, 2.05) is 12.1 Å². The Labute approximate surface area is 100 Å². The molecule has 0 aliphatic carbocycles. The minimum Gasteiger partial charge on any atom is -0.424 e. The summed E-state index contributed by atoms with van der Waals surface area (Å²) in [6, 6.07) is 7.36. The Hall–Kier alpha value is -1.49. The van der Waals surface area contributed by atoms with E-state index < -0.39 is 5.82 Å². The molecule has 0 radical (unpaired) electrons. The lowest BCUT2D eigenvalue weighted by atomic mass is 10.3. The summed E-state index contributed by atoms with van der Waals surface area (Å²) in [7, 11) is 0. The summed E-state index contributed by atoms with van der Waals surface area (Å²) >= 11 is 3.32. The first-order valence-electron chi connectivity index (χ1n) is 4.58. The average molecular weight is 283 g/mol. The summed E-state index contributed by atoms with van der Waals surface area (Å²) in [6.45, 7) is 1.56. The molecular weight excluding hydrogens is 275 g/mol. The SMILES string of the molecule is Cc1nc(Oc2ccc(Br)cc2)ncc1F. The van der Waals surface area contributed by atoms with E-state index in [0.29, 0.717) is 5.75 Å². The summed E-state index contributed by atoms with van der Waals surface area (Å²) in [5, 5.41) is 0. The molecule has 2 aromatic rings. The maximum absolute atomic E-state index is 12.9. The molecule has 0 unspecified atom stereocenters. The molecule has 0 amide bonds. The minimum absolute atomic E-state index is 0.140. The molecule has 16 heavy (non-hydrogen) atoms. The molecule has 0 spiro atoms. The number of benzene rings is 1. The molecule has 5 heteroatoms. The molecule has 0 fully saturated rings. The Morgan fingerprint density at radius 3 is 2.56 bits per heavy atom. The van der Waals surface area contributed by atoms with Crippen molar-refractivity contribution in [2.75, 3.05) is 0 Å². The Morgan fingerprint density at radius 2 is 1.94 bits per heavy atom. The summed E-state index contributed by atoms with van der Waals surface area (Å²) < 4.78 is 19.2. The molecule has 0 bridgehead atoms. The maximum Gasteiger partial charge on any atom is 0.322 e. The summed E-state index contributed by atoms with van der Waals surface area (Å²) in [5.74, 6) is 0.164. The third-order valence-corrected chi connectivity index (χ3v) is 2.45. The van der Waals surface area contributed by atoms with E-state index in [-0.39, 0.29) is 11.7 Å². The zero-order valence-corrected chi connectivity index (χ0v) is 10.0. The summed E-state index contributed by atoms with van der Waals surface area (Å²) in [5.41, 5.74) is 0.266. The normalized spacial score (nSPS) is 10.2. The van der Waals surface area contributed by atoms with Gasteiger partial charge >= 0.3 is 6.01 Å². The van der Waals surface area contributed by atoms with Gasteiger partial charge in [0, 0.05) is 4.47 Å². The second-order valence-electron chi connectivity index (χ2n) is 3.14. The van der Waals surface area contributed by atoms with Crippen LogP contribution in [0.1, 0.15) is 5.69 Å². The van der Waals surface area contributed by atoms with Gasteiger partial charge in [0.25, 0.3) is 0 Å². The lowest BCUT2D eigenvalue weighted by molar-refractivity contribution is 0.433. The van der Waals surface area contributed by atoms with Gasteiger partial charge in [0.1, 0.15) is 5.75 Å². The molecule has 0 N–H and O–H groups in total. The fraction of sp³-hybridized carbons (Fsp3) is 0.0909. The molecule has 1 aromatic carbocycles. The van der Waals surface area contributed by atoms with Crippen molar-refractivity contribution in [2.45, 2.75) is 6.92 Å². The van der Waals surface area contributed by atoms with Crippen LogP contribution >= 0.6 is 15.9 Å². The van der Waals surface area contributed by atoms with Crippen molar-refractivity contribution >= 4 is 15.9 Å². The molecule has 0 saturated heterocycles. The van der Waals surface area contributed by atoms with E-state index in [1.165, 1.54) is 0 Å². The van der Waals surface area contributed by atoms with Gasteiger partial charge < -0.3 is 4.74 Å². The molecule has 1 aromatic heterocycles. The van der Waals surface area contributed by atoms with Gasteiger partial charge in [-0.3, -0.25) is 0 Å². The van der Waals surface area contributed by atoms with Crippen LogP contribution in [-0.2, 0) is 0 Å². The van der Waals surface area contributed by atoms with Crippen LogP contribution in [0.25, 0.3) is 0 Å². The first-order valence-corrected chi connectivity index (χ1v) is 5.37. The number of hydrogen-bond donors (Lipinski definition) is 0. The third-order valence-electron chi connectivity index (χ3n) is 1.92. The Balaban J connectivity index is 2.20. The summed E-state index contributed by atoms with van der Waals surface area (Å²) in [6.07, 6.45) is 1.09. The predicted molar refractivity (Wildman–Crippen MR) is 60.9 cm³/mol. The van der Waals surface area contributed by atoms with Gasteiger partial charge in [0.2, 0.25) is 0 Å². The first-order chi connectivity index (χ1) is 7.65. The quantitative estimate of drug-likeness (QED) is 0.846. The van der Waals surface area contributed by atoms with E-state index in [9.17, 15) is 4.39 Å². The van der Waals surface area contributed by atoms with E-state index in [1.54, 1.807) is 19.1 Å². The average Bonchev–Trinajstić information content (AvgIpc) is 2.27. The van der Waals surface area contributed by atoms with Gasteiger partial charge in [0.05, 0.1) is 11.9 Å². The minimum atomic E-state index is -0.442. The second kappa shape index (κ2) is 4.57. The van der Waals surface area contributed by atoms with E-state index in [4.69, 9.17) is 4.74 Å². The fourth-order valence-electron chi connectivity index (χ4n) is 1.09. The zero-order valence-electron chi connectivity index (χ0n) is 8.45. The van der Waals surface area contributed by atoms with Crippen LogP contribution in [0.15, 0.2) is 34.9 Å². The van der Waals surface area contributed by atoms with E-state index >= 15 is 0 Å². The van der Waals surface area contributed by atoms with Crippen LogP contribution in [0.3, 0.4) is 0 Å². The fourth-order valence-corrected chi connectivity index (χ4v) is 1.35. The van der Waals surface area contributed by atoms with Gasteiger partial charge in [-0.2, -0.15) is 4.98 Å². The first kappa shape index (κ1) is 11.0. The molecular formula is C11H8BrFN2O. The largest absolute Gasteiger partial charge is 0.424 e. The van der Waals surface area contributed by atoms with Crippen LogP contribution in [-0.4, -0.2) is 9.97 Å². The Morgan fingerprint density at radius 1 is 1.25 bits per heavy atom. The molecule has 82 valence electrons. The second-order valence-corrected chi connectivity index (χ2v) is 4.06. The number of aromatic nitrogens is 2. The highest BCUT2D eigenvalue weighted by atomic mass is 79.9. The lowest BCUT2D eigenvalue weighted by Gasteiger charge is -2.04. The van der Waals surface area contributed by atoms with Gasteiger partial charge in [-0.1, -0.05) is 15.9 Å². The van der Waals surface area contributed by atoms with Gasteiger partial charge in [-0.05, 0) is 31.2 Å². The topological polar surface area (TPSA) is 35.0 Å². The highest BCUT2D eigenvalue weighted by Crippen LogP contribution is 2.20. The third kappa shape index (κ3) is 2.55. The molecule has 3 nitrogen and oxygen atoms in total. The number of nitrogens with zero attached hydrogens (tertiary/aromatic N) is 2. The Bertz CT molecular complexity index is 502. The van der Waals surface area contributed by atoms with Gasteiger partial charge in [-0.15, -0.1) is 0 Å². The smallest absolute Gasteiger partial charge is 0.322 e. The van der Waals surface area contributed by atoms with Crippen LogP contribution in [0.4, 0.5) is 4.39 Å². The predicted octanol–water partition coefficient (Wildman–Crippen LogP) is 3.48. The van der Waals surface area contributed by atoms with Crippen LogP contribution in [0, 0.1) is 12.7 Å². The van der Waals surface area contributed by atoms with Crippen molar-refractivity contribution in [2.24, 2.45) is 0 Å². The van der Waals surface area contributed by atoms with E-state index in [2.05, 4.69) is 25.9 Å². The monoisotopic (exact) mass is 282 g/mol. The number of hydrogen-bond acceptors (Lipinski definition) is 3. The van der Waals surface area contributed by atoms with Gasteiger partial charge in [-0.25, -0.2) is 9.37 Å². The number of halogens is 2. The molecule has 0 aliphatic rings. The van der Waals surface area contributed by atoms with Crippen molar-refractivity contribution in [1.82, 2.24) is 9.97 Å². The van der Waals surface area contributed by atoms with Crippen molar-refractivity contribution in [1.29, 1.82) is 0 Å². The number of ether oxygens (including phenoxy) is 1. The molecule has 0 aliphatic heterocycles. The van der Waals surface area contributed by atoms with Gasteiger partial charge in [0.15, 0.2) is 5.82 Å². The van der Waals surface area contributed by atoms with Crippen molar-refractivity contribution in [3.05, 3.63) is 46.4 Å². The molecule has 1 heterocycles. The van der Waals surface area contributed by atoms with Crippen molar-refractivity contribution < 1.29 is 9.13 Å². The summed E-state index contributed by atoms with van der Waals surface area (Å²) in [4.78, 5) is 7.61. The maximum atomic E-state index is 12.9. The highest BCUT2D eigenvalue weighted by Gasteiger charge is 2.04. The number of rotatable bonds is 2. The number of aryl methyl sites for hydroxylation is 1. The Kier molecular flexibility index (Phi) is 3.14. The lowest BCUT2D eigenvalue weighted by Crippen LogP contribution is -1.95. The van der Waals surface area contributed by atoms with Crippen molar-refractivity contribution in [3.63, 3.8) is 0 Å². The van der Waals surface area contributed by atoms with Crippen LogP contribution in [0.5, 0.6) is 11.8 Å². The highest BCUT2D eigenvalue weighted by molar-refractivity contribution is 9.10. The van der Waals surface area contributed by atoms with Crippen LogP contribution in [0.2, 0.25) is 0 Å². The molecule has 2 rings (SSSR count). The van der Waals surface area contributed by atoms with E-state index in [0.717, 1.165) is 10.7 Å². The van der Waals surface area contributed by atoms with Crippen LogP contribution < -0.4 is 4.74 Å². The molecule has 0 atom stereocenters. The van der Waals surface area contributed by atoms with Crippen molar-refractivity contribution in [3.8, 4) is 11.8 Å². The standard InChI is InChI=1S/C11H8BrFN2O/c1-7-10(13)6-14-11(15-7)16-9-4-2-8(12)3-5-9/h2-6H,1H3. The molecule has 0 saturated carbocycles. The zero-order chi connectivity index (χ0) is 11.5.